The van der Waals surface area contributed by atoms with E-state index in [1.165, 1.54) is 6.07 Å². The monoisotopic (exact) mass is 305 g/mol. The Morgan fingerprint density at radius 1 is 1.22 bits per heavy atom. The first kappa shape index (κ1) is 11.2. The quantitative estimate of drug-likeness (QED) is 0.503. The van der Waals surface area contributed by atoms with Gasteiger partial charge >= 0.3 is 0 Å². The number of nitrogens with zero attached hydrogens (tertiary/aromatic N) is 1. The van der Waals surface area contributed by atoms with Crippen LogP contribution in [0.15, 0.2) is 40.9 Å². The van der Waals surface area contributed by atoms with Crippen LogP contribution < -0.4 is 4.74 Å². The predicted molar refractivity (Wildman–Crippen MR) is 70.1 cm³/mol. The summed E-state index contributed by atoms with van der Waals surface area (Å²) in [6.45, 7) is 0. The van der Waals surface area contributed by atoms with E-state index >= 15 is 0 Å². The van der Waals surface area contributed by atoms with Crippen LogP contribution in [0.2, 0.25) is 0 Å². The maximum atomic E-state index is 11.0. The summed E-state index contributed by atoms with van der Waals surface area (Å²) >= 11 is 3.42. The van der Waals surface area contributed by atoms with Crippen molar-refractivity contribution in [3.05, 3.63) is 62.1 Å². The Balaban J connectivity index is 2.16. The van der Waals surface area contributed by atoms with Crippen molar-refractivity contribution in [1.29, 1.82) is 0 Å². The summed E-state index contributed by atoms with van der Waals surface area (Å²) in [5, 5.41) is 11.0. The molecule has 0 unspecified atom stereocenters. The fourth-order valence-electron chi connectivity index (χ4n) is 2.11. The summed E-state index contributed by atoms with van der Waals surface area (Å²) < 4.78 is 6.61. The van der Waals surface area contributed by atoms with Crippen LogP contribution in [-0.4, -0.2) is 4.92 Å². The molecular weight excluding hydrogens is 298 g/mol. The number of para-hydroxylation sites is 1. The molecule has 0 radical (unpaired) electrons. The molecule has 1 heterocycles. The molecule has 0 spiro atoms. The molecule has 0 saturated heterocycles. The van der Waals surface area contributed by atoms with Crippen molar-refractivity contribution >= 4 is 21.6 Å². The lowest BCUT2D eigenvalue weighted by Gasteiger charge is -2.20. The summed E-state index contributed by atoms with van der Waals surface area (Å²) in [7, 11) is 0. The second-order valence-electron chi connectivity index (χ2n) is 4.02. The van der Waals surface area contributed by atoms with E-state index in [9.17, 15) is 10.1 Å². The standard InChI is InChI=1S/C13H8BrNO3/c14-10-4-1-3-8-7-9-11(15(16)17)5-2-6-12(9)18-13(8)10/h1-6H,7H2. The lowest BCUT2D eigenvalue weighted by atomic mass is 9.99. The number of nitro benzene ring substituents is 1. The van der Waals surface area contributed by atoms with Gasteiger partial charge in [0.25, 0.3) is 5.69 Å². The van der Waals surface area contributed by atoms with Gasteiger partial charge in [0, 0.05) is 18.1 Å². The molecule has 18 heavy (non-hydrogen) atoms. The number of hydrogen-bond donors (Lipinski definition) is 0. The van der Waals surface area contributed by atoms with Crippen LogP contribution in [0.25, 0.3) is 0 Å². The summed E-state index contributed by atoms with van der Waals surface area (Å²) in [5.74, 6) is 1.30. The van der Waals surface area contributed by atoms with Gasteiger partial charge in [0.15, 0.2) is 0 Å². The Morgan fingerprint density at radius 2 is 2.00 bits per heavy atom. The van der Waals surface area contributed by atoms with Crippen LogP contribution in [-0.2, 0) is 6.42 Å². The van der Waals surface area contributed by atoms with Crippen molar-refractivity contribution in [3.63, 3.8) is 0 Å². The topological polar surface area (TPSA) is 52.4 Å². The molecule has 0 aliphatic carbocycles. The highest BCUT2D eigenvalue weighted by molar-refractivity contribution is 9.10. The summed E-state index contributed by atoms with van der Waals surface area (Å²) in [6, 6.07) is 10.6. The number of hydrogen-bond acceptors (Lipinski definition) is 3. The Labute approximate surface area is 111 Å². The zero-order valence-corrected chi connectivity index (χ0v) is 10.8. The molecule has 2 aromatic carbocycles. The third-order valence-corrected chi connectivity index (χ3v) is 3.56. The zero-order valence-electron chi connectivity index (χ0n) is 9.22. The van der Waals surface area contributed by atoms with Gasteiger partial charge in [0.1, 0.15) is 11.5 Å². The first-order valence-corrected chi connectivity index (χ1v) is 6.17. The van der Waals surface area contributed by atoms with Crippen LogP contribution >= 0.6 is 15.9 Å². The number of benzene rings is 2. The van der Waals surface area contributed by atoms with Crippen LogP contribution in [0, 0.1) is 10.1 Å². The van der Waals surface area contributed by atoms with Gasteiger partial charge < -0.3 is 4.74 Å². The number of halogens is 1. The van der Waals surface area contributed by atoms with E-state index in [0.717, 1.165) is 15.8 Å². The van der Waals surface area contributed by atoms with Crippen LogP contribution in [0.4, 0.5) is 5.69 Å². The molecule has 1 aliphatic rings. The normalized spacial score (nSPS) is 12.3. The van der Waals surface area contributed by atoms with E-state index in [-0.39, 0.29) is 10.6 Å². The molecule has 1 aliphatic heterocycles. The fraction of sp³-hybridized carbons (Fsp3) is 0.0769. The SMILES string of the molecule is O=[N+]([O-])c1cccc2c1Cc1cccc(Br)c1O2. The van der Waals surface area contributed by atoms with E-state index in [4.69, 9.17) is 4.74 Å². The third kappa shape index (κ3) is 1.67. The van der Waals surface area contributed by atoms with E-state index in [1.807, 2.05) is 18.2 Å². The molecule has 0 bridgehead atoms. The summed E-state index contributed by atoms with van der Waals surface area (Å²) in [4.78, 5) is 10.6. The van der Waals surface area contributed by atoms with E-state index < -0.39 is 0 Å². The summed E-state index contributed by atoms with van der Waals surface area (Å²) in [5.41, 5.74) is 1.69. The molecule has 4 nitrogen and oxygen atoms in total. The van der Waals surface area contributed by atoms with Gasteiger partial charge in [0.2, 0.25) is 0 Å². The van der Waals surface area contributed by atoms with E-state index in [2.05, 4.69) is 15.9 Å². The first-order chi connectivity index (χ1) is 8.66. The third-order valence-electron chi connectivity index (χ3n) is 2.93. The van der Waals surface area contributed by atoms with Gasteiger partial charge in [-0.3, -0.25) is 10.1 Å². The van der Waals surface area contributed by atoms with Gasteiger partial charge in [-0.1, -0.05) is 18.2 Å². The van der Waals surface area contributed by atoms with E-state index in [0.29, 0.717) is 17.7 Å². The van der Waals surface area contributed by atoms with Crippen LogP contribution in [0.3, 0.4) is 0 Å². The van der Waals surface area contributed by atoms with Crippen molar-refractivity contribution in [3.8, 4) is 11.5 Å². The smallest absolute Gasteiger partial charge is 0.276 e. The predicted octanol–water partition coefficient (Wildman–Crippen LogP) is 4.05. The molecular formula is C13H8BrNO3. The zero-order chi connectivity index (χ0) is 12.7. The lowest BCUT2D eigenvalue weighted by Crippen LogP contribution is -2.06. The lowest BCUT2D eigenvalue weighted by molar-refractivity contribution is -0.385. The van der Waals surface area contributed by atoms with Crippen molar-refractivity contribution in [2.75, 3.05) is 0 Å². The Morgan fingerprint density at radius 3 is 2.78 bits per heavy atom. The van der Waals surface area contributed by atoms with Crippen LogP contribution in [0.5, 0.6) is 11.5 Å². The van der Waals surface area contributed by atoms with Crippen molar-refractivity contribution in [2.45, 2.75) is 6.42 Å². The second-order valence-corrected chi connectivity index (χ2v) is 4.87. The molecule has 2 aromatic rings. The fourth-order valence-corrected chi connectivity index (χ4v) is 2.59. The highest BCUT2D eigenvalue weighted by atomic mass is 79.9. The molecule has 0 aromatic heterocycles. The van der Waals surface area contributed by atoms with Gasteiger partial charge in [-0.05, 0) is 28.1 Å². The Kier molecular flexibility index (Phi) is 2.56. The number of ether oxygens (including phenoxy) is 1. The number of nitro groups is 1. The van der Waals surface area contributed by atoms with Crippen LogP contribution in [0.1, 0.15) is 11.1 Å². The second kappa shape index (κ2) is 4.10. The minimum atomic E-state index is -0.370. The Hall–Kier alpha value is -1.88. The minimum Gasteiger partial charge on any atom is -0.455 e. The summed E-state index contributed by atoms with van der Waals surface area (Å²) in [6.07, 6.45) is 0.515. The largest absolute Gasteiger partial charge is 0.455 e. The van der Waals surface area contributed by atoms with Gasteiger partial charge in [-0.15, -0.1) is 0 Å². The average molecular weight is 306 g/mol. The molecule has 0 atom stereocenters. The number of rotatable bonds is 1. The molecule has 0 N–H and O–H groups in total. The molecule has 5 heteroatoms. The van der Waals surface area contributed by atoms with Crippen molar-refractivity contribution in [2.24, 2.45) is 0 Å². The van der Waals surface area contributed by atoms with E-state index in [1.54, 1.807) is 12.1 Å². The van der Waals surface area contributed by atoms with Gasteiger partial charge in [-0.25, -0.2) is 0 Å². The average Bonchev–Trinajstić information content (AvgIpc) is 2.36. The van der Waals surface area contributed by atoms with Gasteiger partial charge in [-0.2, -0.15) is 0 Å². The molecule has 0 fully saturated rings. The highest BCUT2D eigenvalue weighted by Crippen LogP contribution is 2.43. The van der Waals surface area contributed by atoms with Crippen molar-refractivity contribution in [1.82, 2.24) is 0 Å². The molecule has 90 valence electrons. The van der Waals surface area contributed by atoms with Crippen molar-refractivity contribution < 1.29 is 9.66 Å². The minimum absolute atomic E-state index is 0.109. The number of fused-ring (bicyclic) bond motifs is 2. The van der Waals surface area contributed by atoms with Gasteiger partial charge in [0.05, 0.1) is 15.0 Å². The molecule has 3 rings (SSSR count). The maximum absolute atomic E-state index is 11.0. The molecule has 0 saturated carbocycles. The highest BCUT2D eigenvalue weighted by Gasteiger charge is 2.25. The Bertz CT molecular complexity index is 655. The first-order valence-electron chi connectivity index (χ1n) is 5.38. The maximum Gasteiger partial charge on any atom is 0.276 e. The molecule has 0 amide bonds.